The Morgan fingerprint density at radius 3 is 3.00 bits per heavy atom. The van der Waals surface area contributed by atoms with Gasteiger partial charge in [-0.05, 0) is 19.4 Å². The van der Waals surface area contributed by atoms with E-state index < -0.39 is 9.84 Å². The molecule has 0 aromatic carbocycles. The number of aromatic nitrogens is 2. The van der Waals surface area contributed by atoms with Gasteiger partial charge in [-0.3, -0.25) is 5.10 Å². The quantitative estimate of drug-likeness (QED) is 0.742. The van der Waals surface area contributed by atoms with Gasteiger partial charge in [-0.1, -0.05) is 0 Å². The van der Waals surface area contributed by atoms with E-state index in [9.17, 15) is 8.42 Å². The molecule has 1 fully saturated rings. The molecule has 1 saturated heterocycles. The van der Waals surface area contributed by atoms with Crippen LogP contribution in [0.2, 0.25) is 0 Å². The van der Waals surface area contributed by atoms with Crippen molar-refractivity contribution >= 4 is 9.84 Å². The smallest absolute Gasteiger partial charge is 0.154 e. The number of nitrogens with one attached hydrogen (secondary N) is 2. The van der Waals surface area contributed by atoms with Crippen molar-refractivity contribution in [2.24, 2.45) is 0 Å². The van der Waals surface area contributed by atoms with Crippen LogP contribution >= 0.6 is 0 Å². The van der Waals surface area contributed by atoms with E-state index in [2.05, 4.69) is 15.5 Å². The van der Waals surface area contributed by atoms with Gasteiger partial charge in [-0.15, -0.1) is 0 Å². The van der Waals surface area contributed by atoms with Crippen LogP contribution in [0.1, 0.15) is 35.8 Å². The van der Waals surface area contributed by atoms with E-state index in [0.717, 1.165) is 36.3 Å². The molecule has 1 unspecified atom stereocenters. The predicted molar refractivity (Wildman–Crippen MR) is 59.8 cm³/mol. The fourth-order valence-electron chi connectivity index (χ4n) is 2.54. The number of aryl methyl sites for hydroxylation is 1. The second-order valence-corrected chi connectivity index (χ2v) is 6.74. The van der Waals surface area contributed by atoms with Crippen LogP contribution in [0.3, 0.4) is 0 Å². The maximum Gasteiger partial charge on any atom is 0.154 e. The van der Waals surface area contributed by atoms with E-state index in [1.54, 1.807) is 0 Å². The van der Waals surface area contributed by atoms with Gasteiger partial charge in [0.2, 0.25) is 0 Å². The molecule has 0 spiro atoms. The molecule has 2 aliphatic heterocycles. The summed E-state index contributed by atoms with van der Waals surface area (Å²) in [6.07, 6.45) is 2.77. The molecule has 2 aliphatic rings. The van der Waals surface area contributed by atoms with Crippen molar-refractivity contribution in [2.45, 2.75) is 31.1 Å². The molecule has 0 aliphatic carbocycles. The number of hydrogen-bond acceptors (Lipinski definition) is 4. The van der Waals surface area contributed by atoms with Crippen molar-refractivity contribution in [1.82, 2.24) is 15.5 Å². The molecule has 0 amide bonds. The van der Waals surface area contributed by atoms with Gasteiger partial charge < -0.3 is 5.32 Å². The third-order valence-corrected chi connectivity index (χ3v) is 4.96. The van der Waals surface area contributed by atoms with Crippen molar-refractivity contribution in [3.05, 3.63) is 17.0 Å². The van der Waals surface area contributed by atoms with Gasteiger partial charge in [0.05, 0.1) is 23.2 Å². The number of H-pyrrole nitrogens is 1. The van der Waals surface area contributed by atoms with Gasteiger partial charge in [0.1, 0.15) is 0 Å². The maximum absolute atomic E-state index is 11.6. The average Bonchev–Trinajstić information content (AvgIpc) is 2.82. The zero-order valence-corrected chi connectivity index (χ0v) is 9.81. The Kier molecular flexibility index (Phi) is 2.29. The van der Waals surface area contributed by atoms with E-state index in [1.165, 1.54) is 0 Å². The molecule has 1 atom stereocenters. The summed E-state index contributed by atoms with van der Waals surface area (Å²) < 4.78 is 23.2. The average molecular weight is 241 g/mol. The van der Waals surface area contributed by atoms with Crippen LogP contribution in [0.15, 0.2) is 0 Å². The van der Waals surface area contributed by atoms with Gasteiger partial charge >= 0.3 is 0 Å². The SMILES string of the molecule is O=S1(=O)CCc2[nH]nc(C3CCCN3)c2C1. The van der Waals surface area contributed by atoms with E-state index in [4.69, 9.17) is 0 Å². The highest BCUT2D eigenvalue weighted by Gasteiger charge is 2.30. The highest BCUT2D eigenvalue weighted by atomic mass is 32.2. The summed E-state index contributed by atoms with van der Waals surface area (Å²) in [5.41, 5.74) is 2.86. The summed E-state index contributed by atoms with van der Waals surface area (Å²) >= 11 is 0. The Morgan fingerprint density at radius 2 is 2.25 bits per heavy atom. The van der Waals surface area contributed by atoms with Gasteiger partial charge in [-0.2, -0.15) is 5.10 Å². The summed E-state index contributed by atoms with van der Waals surface area (Å²) in [6, 6.07) is 0.244. The standard InChI is InChI=1S/C10H15N3O2S/c14-16(15)5-3-8-7(6-16)10(13-12-8)9-2-1-4-11-9/h9,11H,1-6H2,(H,12,13). The molecule has 6 heteroatoms. The first kappa shape index (κ1) is 10.3. The minimum absolute atomic E-state index is 0.159. The zero-order chi connectivity index (χ0) is 11.2. The second kappa shape index (κ2) is 3.56. The fraction of sp³-hybridized carbons (Fsp3) is 0.700. The summed E-state index contributed by atoms with van der Waals surface area (Å²) in [5.74, 6) is 0.409. The first-order valence-electron chi connectivity index (χ1n) is 5.65. The van der Waals surface area contributed by atoms with Crippen molar-refractivity contribution in [1.29, 1.82) is 0 Å². The lowest BCUT2D eigenvalue weighted by Gasteiger charge is -2.15. The van der Waals surface area contributed by atoms with Crippen LogP contribution in [0, 0.1) is 0 Å². The molecular weight excluding hydrogens is 226 g/mol. The second-order valence-electron chi connectivity index (χ2n) is 4.56. The molecule has 1 aromatic rings. The zero-order valence-electron chi connectivity index (χ0n) is 8.99. The summed E-state index contributed by atoms with van der Waals surface area (Å²) in [5, 5.41) is 10.6. The minimum Gasteiger partial charge on any atom is -0.309 e. The fourth-order valence-corrected chi connectivity index (χ4v) is 3.96. The molecule has 3 rings (SSSR count). The Balaban J connectivity index is 1.99. The third-order valence-electron chi connectivity index (χ3n) is 3.40. The summed E-state index contributed by atoms with van der Waals surface area (Å²) in [6.45, 7) is 0.999. The van der Waals surface area contributed by atoms with Gasteiger partial charge in [0.25, 0.3) is 0 Å². The Morgan fingerprint density at radius 1 is 1.38 bits per heavy atom. The lowest BCUT2D eigenvalue weighted by atomic mass is 10.1. The molecule has 2 N–H and O–H groups in total. The first-order valence-corrected chi connectivity index (χ1v) is 7.48. The number of nitrogens with zero attached hydrogens (tertiary/aromatic N) is 1. The highest BCUT2D eigenvalue weighted by Crippen LogP contribution is 2.29. The summed E-state index contributed by atoms with van der Waals surface area (Å²) in [4.78, 5) is 0. The molecule has 5 nitrogen and oxygen atoms in total. The predicted octanol–water partition coefficient (Wildman–Crippen LogP) is 0.305. The molecule has 88 valence electrons. The van der Waals surface area contributed by atoms with Crippen LogP contribution in [-0.4, -0.2) is 30.9 Å². The Labute approximate surface area is 94.5 Å². The Bertz CT molecular complexity index is 500. The van der Waals surface area contributed by atoms with Crippen LogP contribution in [0.25, 0.3) is 0 Å². The Hall–Kier alpha value is -0.880. The molecular formula is C10H15N3O2S. The monoisotopic (exact) mass is 241 g/mol. The molecule has 3 heterocycles. The van der Waals surface area contributed by atoms with E-state index in [0.29, 0.717) is 6.42 Å². The van der Waals surface area contributed by atoms with Crippen molar-refractivity contribution < 1.29 is 8.42 Å². The van der Waals surface area contributed by atoms with Gasteiger partial charge in [0, 0.05) is 17.7 Å². The van der Waals surface area contributed by atoms with Crippen LogP contribution in [-0.2, 0) is 22.0 Å². The van der Waals surface area contributed by atoms with Crippen LogP contribution in [0.4, 0.5) is 0 Å². The van der Waals surface area contributed by atoms with Crippen LogP contribution in [0.5, 0.6) is 0 Å². The number of sulfone groups is 1. The van der Waals surface area contributed by atoms with E-state index >= 15 is 0 Å². The van der Waals surface area contributed by atoms with Gasteiger partial charge in [0.15, 0.2) is 9.84 Å². The van der Waals surface area contributed by atoms with Crippen LogP contribution < -0.4 is 5.32 Å². The molecule has 0 bridgehead atoms. The molecule has 1 aromatic heterocycles. The number of fused-ring (bicyclic) bond motifs is 1. The topological polar surface area (TPSA) is 74.8 Å². The number of hydrogen-bond donors (Lipinski definition) is 2. The van der Waals surface area contributed by atoms with E-state index in [-0.39, 0.29) is 17.5 Å². The van der Waals surface area contributed by atoms with Crippen molar-refractivity contribution in [3.63, 3.8) is 0 Å². The first-order chi connectivity index (χ1) is 7.66. The van der Waals surface area contributed by atoms with E-state index in [1.807, 2.05) is 0 Å². The molecule has 16 heavy (non-hydrogen) atoms. The lowest BCUT2D eigenvalue weighted by molar-refractivity contribution is 0.588. The number of rotatable bonds is 1. The number of aromatic amines is 1. The highest BCUT2D eigenvalue weighted by molar-refractivity contribution is 7.90. The summed E-state index contributed by atoms with van der Waals surface area (Å²) in [7, 11) is -2.91. The lowest BCUT2D eigenvalue weighted by Crippen LogP contribution is -2.21. The van der Waals surface area contributed by atoms with Crippen molar-refractivity contribution in [3.8, 4) is 0 Å². The largest absolute Gasteiger partial charge is 0.309 e. The van der Waals surface area contributed by atoms with Crippen molar-refractivity contribution in [2.75, 3.05) is 12.3 Å². The molecule has 0 radical (unpaired) electrons. The normalized spacial score (nSPS) is 27.9. The minimum atomic E-state index is -2.91. The molecule has 0 saturated carbocycles. The maximum atomic E-state index is 11.6. The van der Waals surface area contributed by atoms with Gasteiger partial charge in [-0.25, -0.2) is 8.42 Å². The third kappa shape index (κ3) is 1.66.